The molecule has 168 valence electrons. The molecule has 0 aromatic heterocycles. The number of phenolic OH excluding ortho intramolecular Hbond substituents is 1. The normalized spacial score (nSPS) is 12.7. The summed E-state index contributed by atoms with van der Waals surface area (Å²) in [6, 6.07) is 21.7. The van der Waals surface area contributed by atoms with Gasteiger partial charge >= 0.3 is 0 Å². The molecule has 2 unspecified atom stereocenters. The molecule has 0 fully saturated rings. The van der Waals surface area contributed by atoms with E-state index in [1.165, 1.54) is 6.07 Å². The lowest BCUT2D eigenvalue weighted by molar-refractivity contribution is -0.105. The summed E-state index contributed by atoms with van der Waals surface area (Å²) >= 11 is 0. The number of amides is 1. The predicted molar refractivity (Wildman–Crippen MR) is 123 cm³/mol. The first-order chi connectivity index (χ1) is 15.6. The second-order valence-electron chi connectivity index (χ2n) is 7.39. The third-order valence-electron chi connectivity index (χ3n) is 5.06. The van der Waals surface area contributed by atoms with Crippen molar-refractivity contribution in [1.82, 2.24) is 5.32 Å². The molecular formula is C25H28N2O5. The largest absolute Gasteiger partial charge is 0.506 e. The van der Waals surface area contributed by atoms with Gasteiger partial charge in [-0.15, -0.1) is 0 Å². The quantitative estimate of drug-likeness (QED) is 0.170. The number of carbonyl (C=O) groups excluding carboxylic acids is 1. The van der Waals surface area contributed by atoms with Crippen molar-refractivity contribution >= 4 is 12.1 Å². The van der Waals surface area contributed by atoms with Crippen molar-refractivity contribution in [2.24, 2.45) is 0 Å². The maximum atomic E-state index is 10.6. The number of ether oxygens (including phenoxy) is 1. The van der Waals surface area contributed by atoms with Crippen molar-refractivity contribution in [2.45, 2.75) is 18.6 Å². The number of aromatic hydroxyl groups is 1. The van der Waals surface area contributed by atoms with Gasteiger partial charge in [0.1, 0.15) is 24.2 Å². The van der Waals surface area contributed by atoms with Gasteiger partial charge in [-0.3, -0.25) is 4.79 Å². The molecule has 2 atom stereocenters. The van der Waals surface area contributed by atoms with Gasteiger partial charge < -0.3 is 30.7 Å². The molecule has 3 rings (SSSR count). The zero-order valence-corrected chi connectivity index (χ0v) is 17.6. The van der Waals surface area contributed by atoms with Crippen LogP contribution in [0.15, 0.2) is 72.8 Å². The average molecular weight is 437 g/mol. The number of aliphatic hydroxyl groups is 2. The second kappa shape index (κ2) is 11.9. The Kier molecular flexibility index (Phi) is 8.62. The minimum Gasteiger partial charge on any atom is -0.506 e. The van der Waals surface area contributed by atoms with Crippen LogP contribution >= 0.6 is 0 Å². The van der Waals surface area contributed by atoms with Gasteiger partial charge in [-0.25, -0.2) is 0 Å². The van der Waals surface area contributed by atoms with Crippen LogP contribution in [0.2, 0.25) is 0 Å². The smallest absolute Gasteiger partial charge is 0.211 e. The molecule has 3 aromatic rings. The Balaban J connectivity index is 1.40. The van der Waals surface area contributed by atoms with E-state index in [9.17, 15) is 20.1 Å². The molecule has 1 amide bonds. The number of carbonyl (C=O) groups is 1. The molecule has 0 aliphatic carbocycles. The Morgan fingerprint density at radius 2 is 1.66 bits per heavy atom. The minimum absolute atomic E-state index is 0.0528. The first-order valence-electron chi connectivity index (χ1n) is 10.4. The summed E-state index contributed by atoms with van der Waals surface area (Å²) in [6.45, 7) is 1.19. The lowest BCUT2D eigenvalue weighted by Crippen LogP contribution is -2.23. The van der Waals surface area contributed by atoms with Crippen molar-refractivity contribution in [3.05, 3.63) is 89.5 Å². The maximum Gasteiger partial charge on any atom is 0.211 e. The summed E-state index contributed by atoms with van der Waals surface area (Å²) in [5.41, 5.74) is 2.79. The van der Waals surface area contributed by atoms with Gasteiger partial charge in [0.15, 0.2) is 0 Å². The van der Waals surface area contributed by atoms with E-state index in [-0.39, 0.29) is 18.0 Å². The van der Waals surface area contributed by atoms with Crippen LogP contribution in [0.1, 0.15) is 28.9 Å². The molecule has 0 saturated heterocycles. The van der Waals surface area contributed by atoms with E-state index < -0.39 is 12.2 Å². The number of aliphatic hydroxyl groups excluding tert-OH is 2. The monoisotopic (exact) mass is 436 g/mol. The molecule has 7 nitrogen and oxygen atoms in total. The summed E-state index contributed by atoms with van der Waals surface area (Å²) in [7, 11) is 0. The van der Waals surface area contributed by atoms with Gasteiger partial charge in [0, 0.05) is 6.54 Å². The Morgan fingerprint density at radius 3 is 2.38 bits per heavy atom. The molecule has 0 saturated carbocycles. The molecule has 0 bridgehead atoms. The highest BCUT2D eigenvalue weighted by Gasteiger charge is 2.11. The number of benzene rings is 3. The predicted octanol–water partition coefficient (Wildman–Crippen LogP) is 2.94. The van der Waals surface area contributed by atoms with Crippen LogP contribution in [0.25, 0.3) is 0 Å². The number of rotatable bonds is 12. The fraction of sp³-hybridized carbons (Fsp3) is 0.240. The minimum atomic E-state index is -0.769. The number of nitrogens with one attached hydrogen (secondary N) is 2. The Bertz CT molecular complexity index is 979. The van der Waals surface area contributed by atoms with Gasteiger partial charge in [0.25, 0.3) is 0 Å². The summed E-state index contributed by atoms with van der Waals surface area (Å²) < 4.78 is 5.68. The SMILES string of the molecule is O=CNc1cc(C(O)CNCCc2ccc(OCC(O)c3ccccc3)cc2)ccc1O. The van der Waals surface area contributed by atoms with Crippen molar-refractivity contribution in [1.29, 1.82) is 0 Å². The van der Waals surface area contributed by atoms with E-state index in [1.54, 1.807) is 12.1 Å². The summed E-state index contributed by atoms with van der Waals surface area (Å²) in [5.74, 6) is 0.641. The number of anilines is 1. The van der Waals surface area contributed by atoms with Crippen LogP contribution in [-0.4, -0.2) is 41.4 Å². The van der Waals surface area contributed by atoms with Crippen molar-refractivity contribution in [2.75, 3.05) is 25.0 Å². The number of phenols is 1. The molecule has 0 aliphatic rings. The van der Waals surface area contributed by atoms with Gasteiger partial charge in [-0.2, -0.15) is 0 Å². The van der Waals surface area contributed by atoms with E-state index in [0.717, 1.165) is 17.5 Å². The average Bonchev–Trinajstić information content (AvgIpc) is 2.83. The third-order valence-corrected chi connectivity index (χ3v) is 5.06. The highest BCUT2D eigenvalue weighted by molar-refractivity contribution is 5.75. The lowest BCUT2D eigenvalue weighted by Gasteiger charge is -2.14. The van der Waals surface area contributed by atoms with E-state index in [4.69, 9.17) is 4.74 Å². The van der Waals surface area contributed by atoms with Crippen LogP contribution in [0.5, 0.6) is 11.5 Å². The Morgan fingerprint density at radius 1 is 0.906 bits per heavy atom. The van der Waals surface area contributed by atoms with Crippen molar-refractivity contribution < 1.29 is 24.9 Å². The molecule has 0 aliphatic heterocycles. The van der Waals surface area contributed by atoms with Gasteiger partial charge in [0.05, 0.1) is 11.8 Å². The standard InChI is InChI=1S/C25H28N2O5/c28-17-27-22-14-20(8-11-23(22)29)24(30)15-26-13-12-18-6-9-21(10-7-18)32-16-25(31)19-4-2-1-3-5-19/h1-11,14,17,24-26,29-31H,12-13,15-16H2,(H,27,28). The van der Waals surface area contributed by atoms with Crippen molar-refractivity contribution in [3.63, 3.8) is 0 Å². The molecule has 3 aromatic carbocycles. The van der Waals surface area contributed by atoms with Crippen molar-refractivity contribution in [3.8, 4) is 11.5 Å². The van der Waals surface area contributed by atoms with Gasteiger partial charge in [-0.05, 0) is 53.9 Å². The van der Waals surface area contributed by atoms with Crippen LogP contribution < -0.4 is 15.4 Å². The first-order valence-corrected chi connectivity index (χ1v) is 10.4. The Labute approximate surface area is 187 Å². The number of hydrogen-bond donors (Lipinski definition) is 5. The molecule has 7 heteroatoms. The third kappa shape index (κ3) is 6.81. The summed E-state index contributed by atoms with van der Waals surface area (Å²) in [6.07, 6.45) is -0.196. The van der Waals surface area contributed by atoms with Gasteiger partial charge in [0.2, 0.25) is 6.41 Å². The highest BCUT2D eigenvalue weighted by atomic mass is 16.5. The summed E-state index contributed by atoms with van der Waals surface area (Å²) in [4.78, 5) is 10.6. The zero-order valence-electron chi connectivity index (χ0n) is 17.6. The summed E-state index contributed by atoms with van der Waals surface area (Å²) in [5, 5.41) is 35.8. The molecule has 32 heavy (non-hydrogen) atoms. The molecule has 0 heterocycles. The van der Waals surface area contributed by atoms with E-state index in [0.29, 0.717) is 30.8 Å². The fourth-order valence-corrected chi connectivity index (χ4v) is 3.23. The Hall–Kier alpha value is -3.39. The van der Waals surface area contributed by atoms with E-state index in [2.05, 4.69) is 10.6 Å². The molecule has 0 radical (unpaired) electrons. The van der Waals surface area contributed by atoms with Crippen LogP contribution in [-0.2, 0) is 11.2 Å². The van der Waals surface area contributed by atoms with Crippen LogP contribution in [0, 0.1) is 0 Å². The van der Waals surface area contributed by atoms with Crippen LogP contribution in [0.4, 0.5) is 5.69 Å². The number of hydrogen-bond acceptors (Lipinski definition) is 6. The lowest BCUT2D eigenvalue weighted by atomic mass is 10.1. The first kappa shape index (κ1) is 23.3. The molecule has 0 spiro atoms. The fourth-order valence-electron chi connectivity index (χ4n) is 3.23. The zero-order chi connectivity index (χ0) is 22.8. The topological polar surface area (TPSA) is 111 Å². The van der Waals surface area contributed by atoms with Crippen LogP contribution in [0.3, 0.4) is 0 Å². The van der Waals surface area contributed by atoms with Gasteiger partial charge in [-0.1, -0.05) is 48.5 Å². The molecular weight excluding hydrogens is 408 g/mol. The second-order valence-corrected chi connectivity index (χ2v) is 7.39. The van der Waals surface area contributed by atoms with E-state index in [1.807, 2.05) is 54.6 Å². The maximum absolute atomic E-state index is 10.6. The van der Waals surface area contributed by atoms with E-state index >= 15 is 0 Å². The molecule has 5 N–H and O–H groups in total. The highest BCUT2D eigenvalue weighted by Crippen LogP contribution is 2.26.